The highest BCUT2D eigenvalue weighted by molar-refractivity contribution is 7.19. The van der Waals surface area contributed by atoms with E-state index in [9.17, 15) is 0 Å². The first kappa shape index (κ1) is 17.5. The zero-order valence-corrected chi connectivity index (χ0v) is 16.4. The van der Waals surface area contributed by atoms with Crippen molar-refractivity contribution in [1.29, 1.82) is 0 Å². The number of nitrogens with one attached hydrogen (secondary N) is 1. The van der Waals surface area contributed by atoms with Gasteiger partial charge in [-0.3, -0.25) is 4.98 Å². The van der Waals surface area contributed by atoms with Crippen LogP contribution in [0, 0.1) is 0 Å². The summed E-state index contributed by atoms with van der Waals surface area (Å²) in [7, 11) is 3.27. The van der Waals surface area contributed by atoms with Gasteiger partial charge in [-0.05, 0) is 36.4 Å². The van der Waals surface area contributed by atoms with Crippen molar-refractivity contribution in [3.63, 3.8) is 0 Å². The Labute approximate surface area is 165 Å². The maximum Gasteiger partial charge on any atom is 0.187 e. The minimum absolute atomic E-state index is 0.708. The van der Waals surface area contributed by atoms with E-state index in [2.05, 4.69) is 22.4 Å². The van der Waals surface area contributed by atoms with E-state index in [0.29, 0.717) is 5.75 Å². The Morgan fingerprint density at radius 3 is 2.52 bits per heavy atom. The topological polar surface area (TPSA) is 56.3 Å². The number of thiazole rings is 1. The minimum Gasteiger partial charge on any atom is -0.497 e. The number of aromatic nitrogens is 2. The lowest BCUT2D eigenvalue weighted by Gasteiger charge is -2.10. The molecule has 4 aromatic rings. The van der Waals surface area contributed by atoms with Crippen molar-refractivity contribution in [3.05, 3.63) is 60.1 Å². The number of anilines is 2. The molecule has 0 aliphatic rings. The largest absolute Gasteiger partial charge is 0.497 e. The molecule has 136 valence electrons. The Bertz CT molecular complexity index is 1040. The van der Waals surface area contributed by atoms with E-state index in [1.165, 1.54) is 0 Å². The van der Waals surface area contributed by atoms with Gasteiger partial charge in [-0.15, -0.1) is 22.7 Å². The van der Waals surface area contributed by atoms with Gasteiger partial charge in [0.15, 0.2) is 5.13 Å². The number of nitrogens with zero attached hydrogens (tertiary/aromatic N) is 2. The third kappa shape index (κ3) is 3.79. The first-order valence-electron chi connectivity index (χ1n) is 8.23. The Kier molecular flexibility index (Phi) is 5.04. The molecular weight excluding hydrogens is 378 g/mol. The molecule has 0 bridgehead atoms. The molecule has 3 heterocycles. The van der Waals surface area contributed by atoms with Crippen LogP contribution in [0.3, 0.4) is 0 Å². The molecule has 1 aromatic carbocycles. The number of hydrogen-bond donors (Lipinski definition) is 1. The summed E-state index contributed by atoms with van der Waals surface area (Å²) >= 11 is 3.24. The predicted molar refractivity (Wildman–Crippen MR) is 111 cm³/mol. The summed E-state index contributed by atoms with van der Waals surface area (Å²) in [5, 5.41) is 6.18. The van der Waals surface area contributed by atoms with Crippen molar-refractivity contribution in [3.8, 4) is 32.6 Å². The van der Waals surface area contributed by atoms with Crippen molar-refractivity contribution in [2.75, 3.05) is 19.5 Å². The molecule has 0 saturated carbocycles. The number of thiophene rings is 1. The van der Waals surface area contributed by atoms with Crippen LogP contribution in [0.4, 0.5) is 10.8 Å². The monoisotopic (exact) mass is 395 g/mol. The summed E-state index contributed by atoms with van der Waals surface area (Å²) in [6.07, 6.45) is 1.81. The minimum atomic E-state index is 0.708. The van der Waals surface area contributed by atoms with Crippen LogP contribution >= 0.6 is 22.7 Å². The highest BCUT2D eigenvalue weighted by Crippen LogP contribution is 2.37. The molecule has 0 amide bonds. The zero-order valence-electron chi connectivity index (χ0n) is 14.8. The van der Waals surface area contributed by atoms with Gasteiger partial charge in [0.2, 0.25) is 0 Å². The van der Waals surface area contributed by atoms with Crippen molar-refractivity contribution in [2.45, 2.75) is 0 Å². The maximum absolute atomic E-state index is 5.43. The van der Waals surface area contributed by atoms with Crippen LogP contribution in [0.15, 0.2) is 60.1 Å². The molecule has 1 N–H and O–H groups in total. The van der Waals surface area contributed by atoms with Gasteiger partial charge in [0, 0.05) is 17.6 Å². The third-order valence-corrected chi connectivity index (χ3v) is 5.82. The molecule has 3 aromatic heterocycles. The average molecular weight is 396 g/mol. The van der Waals surface area contributed by atoms with E-state index in [4.69, 9.17) is 14.5 Å². The summed E-state index contributed by atoms with van der Waals surface area (Å²) in [6.45, 7) is 0. The van der Waals surface area contributed by atoms with Gasteiger partial charge in [-0.1, -0.05) is 6.07 Å². The van der Waals surface area contributed by atoms with E-state index >= 15 is 0 Å². The Morgan fingerprint density at radius 1 is 0.926 bits per heavy atom. The first-order valence-corrected chi connectivity index (χ1v) is 9.92. The van der Waals surface area contributed by atoms with Crippen LogP contribution in [-0.2, 0) is 0 Å². The molecule has 27 heavy (non-hydrogen) atoms. The van der Waals surface area contributed by atoms with Crippen molar-refractivity contribution >= 4 is 33.5 Å². The number of pyridine rings is 1. The van der Waals surface area contributed by atoms with Crippen molar-refractivity contribution in [1.82, 2.24) is 9.97 Å². The second kappa shape index (κ2) is 7.77. The molecule has 0 aliphatic carbocycles. The fourth-order valence-corrected chi connectivity index (χ4v) is 4.32. The van der Waals surface area contributed by atoms with E-state index < -0.39 is 0 Å². The molecule has 0 aliphatic heterocycles. The van der Waals surface area contributed by atoms with Crippen LogP contribution in [0.25, 0.3) is 21.1 Å². The molecular formula is C20H17N3O2S2. The van der Waals surface area contributed by atoms with Gasteiger partial charge >= 0.3 is 0 Å². The lowest BCUT2D eigenvalue weighted by molar-refractivity contribution is 0.395. The van der Waals surface area contributed by atoms with Gasteiger partial charge in [0.05, 0.1) is 41.0 Å². The van der Waals surface area contributed by atoms with E-state index in [0.717, 1.165) is 37.7 Å². The van der Waals surface area contributed by atoms with Crippen LogP contribution < -0.4 is 14.8 Å². The van der Waals surface area contributed by atoms with Gasteiger partial charge < -0.3 is 14.8 Å². The molecule has 4 rings (SSSR count). The average Bonchev–Trinajstić information content (AvgIpc) is 3.38. The maximum atomic E-state index is 5.43. The molecule has 0 spiro atoms. The second-order valence-electron chi connectivity index (χ2n) is 5.61. The summed E-state index contributed by atoms with van der Waals surface area (Å²) < 4.78 is 10.7. The molecule has 0 fully saturated rings. The normalized spacial score (nSPS) is 10.6. The smallest absolute Gasteiger partial charge is 0.187 e. The second-order valence-corrected chi connectivity index (χ2v) is 7.55. The molecule has 0 atom stereocenters. The van der Waals surface area contributed by atoms with Gasteiger partial charge in [-0.2, -0.15) is 0 Å². The van der Waals surface area contributed by atoms with Crippen molar-refractivity contribution in [2.24, 2.45) is 0 Å². The van der Waals surface area contributed by atoms with Crippen LogP contribution in [0.2, 0.25) is 0 Å². The van der Waals surface area contributed by atoms with Crippen LogP contribution in [0.5, 0.6) is 11.5 Å². The lowest BCUT2D eigenvalue weighted by atomic mass is 10.2. The van der Waals surface area contributed by atoms with E-state index in [1.54, 1.807) is 36.9 Å². The Hall–Kier alpha value is -2.90. The molecule has 0 radical (unpaired) electrons. The quantitative estimate of drug-likeness (QED) is 0.454. The number of methoxy groups -OCH3 is 2. The molecule has 5 nitrogen and oxygen atoms in total. The van der Waals surface area contributed by atoms with Crippen LogP contribution in [-0.4, -0.2) is 24.2 Å². The van der Waals surface area contributed by atoms with Gasteiger partial charge in [-0.25, -0.2) is 4.98 Å². The molecule has 0 saturated heterocycles. The van der Waals surface area contributed by atoms with E-state index in [1.807, 2.05) is 48.0 Å². The van der Waals surface area contributed by atoms with Gasteiger partial charge in [0.1, 0.15) is 11.5 Å². The number of rotatable bonds is 6. The number of benzene rings is 1. The predicted octanol–water partition coefficient (Wildman–Crippen LogP) is 5.69. The Morgan fingerprint density at radius 2 is 1.78 bits per heavy atom. The fourth-order valence-electron chi connectivity index (χ4n) is 2.58. The summed E-state index contributed by atoms with van der Waals surface area (Å²) in [5.74, 6) is 1.46. The zero-order chi connectivity index (χ0) is 18.6. The summed E-state index contributed by atoms with van der Waals surface area (Å²) in [4.78, 5) is 11.4. The Balaban J connectivity index is 1.55. The third-order valence-electron chi connectivity index (χ3n) is 3.93. The number of hydrogen-bond acceptors (Lipinski definition) is 7. The number of ether oxygens (including phenoxy) is 2. The fraction of sp³-hybridized carbons (Fsp3) is 0.100. The SMILES string of the molecule is COc1ccc(Nc2nc(-c3ccc(-c4ccccn4)s3)cs2)c(OC)c1. The van der Waals surface area contributed by atoms with Crippen LogP contribution in [0.1, 0.15) is 0 Å². The summed E-state index contributed by atoms with van der Waals surface area (Å²) in [6, 6.07) is 15.7. The molecule has 7 heteroatoms. The molecule has 0 unspecified atom stereocenters. The van der Waals surface area contributed by atoms with E-state index in [-0.39, 0.29) is 0 Å². The highest BCUT2D eigenvalue weighted by atomic mass is 32.1. The van der Waals surface area contributed by atoms with Gasteiger partial charge in [0.25, 0.3) is 0 Å². The van der Waals surface area contributed by atoms with Crippen molar-refractivity contribution < 1.29 is 9.47 Å². The summed E-state index contributed by atoms with van der Waals surface area (Å²) in [5.41, 5.74) is 2.77. The lowest BCUT2D eigenvalue weighted by Crippen LogP contribution is -1.95. The highest BCUT2D eigenvalue weighted by Gasteiger charge is 2.11. The first-order chi connectivity index (χ1) is 13.3. The standard InChI is InChI=1S/C20H17N3O2S2/c1-24-13-6-7-14(17(11-13)25-2)22-20-23-16(12-26-20)19-9-8-18(27-19)15-5-3-4-10-21-15/h3-12H,1-2H3,(H,22,23).